The third-order valence-electron chi connectivity index (χ3n) is 6.30. The van der Waals surface area contributed by atoms with Gasteiger partial charge in [0.2, 0.25) is 0 Å². The maximum Gasteiger partial charge on any atom is 0.419 e. The van der Waals surface area contributed by atoms with Crippen LogP contribution in [0.15, 0.2) is 46.0 Å². The number of hydrogen-bond donors (Lipinski definition) is 2. The fourth-order valence-corrected chi connectivity index (χ4v) is 4.46. The van der Waals surface area contributed by atoms with Gasteiger partial charge < -0.3 is 24.1 Å². The Labute approximate surface area is 189 Å². The number of cyclic esters (lactones) is 1. The molecule has 4 aromatic rings. The molecular formula is C24H24N4O5. The number of benzene rings is 2. The molecule has 3 heterocycles. The van der Waals surface area contributed by atoms with Crippen molar-refractivity contribution in [1.29, 1.82) is 0 Å². The summed E-state index contributed by atoms with van der Waals surface area (Å²) in [5, 5.41) is 13.9. The van der Waals surface area contributed by atoms with Gasteiger partial charge in [0.15, 0.2) is 5.58 Å². The number of imidazole rings is 1. The van der Waals surface area contributed by atoms with Crippen molar-refractivity contribution in [2.45, 2.75) is 33.1 Å². The highest BCUT2D eigenvalue weighted by Gasteiger charge is 2.25. The second kappa shape index (κ2) is 8.02. The Hall–Kier alpha value is -3.69. The Bertz CT molecular complexity index is 1450. The number of nitrogens with zero attached hydrogens (tertiary/aromatic N) is 3. The minimum Gasteiger partial charge on any atom is -0.457 e. The van der Waals surface area contributed by atoms with E-state index in [1.807, 2.05) is 30.7 Å². The van der Waals surface area contributed by atoms with Crippen molar-refractivity contribution >= 4 is 17.1 Å². The number of hydrogen-bond acceptors (Lipinski definition) is 7. The zero-order chi connectivity index (χ0) is 23.3. The Morgan fingerprint density at radius 1 is 1.18 bits per heavy atom. The van der Waals surface area contributed by atoms with E-state index in [2.05, 4.69) is 10.3 Å². The summed E-state index contributed by atoms with van der Waals surface area (Å²) < 4.78 is 13.7. The molecule has 1 unspecified atom stereocenters. The van der Waals surface area contributed by atoms with E-state index in [1.54, 1.807) is 31.6 Å². The number of carbonyl (C=O) groups is 1. The van der Waals surface area contributed by atoms with Crippen LogP contribution in [0, 0.1) is 13.8 Å². The predicted octanol–water partition coefficient (Wildman–Crippen LogP) is 2.43. The van der Waals surface area contributed by atoms with E-state index in [0.717, 1.165) is 39.2 Å². The molecule has 0 radical (unpaired) electrons. The molecule has 5 rings (SSSR count). The van der Waals surface area contributed by atoms with Crippen molar-refractivity contribution in [3.63, 3.8) is 0 Å². The molecule has 2 N–H and O–H groups in total. The summed E-state index contributed by atoms with van der Waals surface area (Å²) in [7, 11) is 1.69. The number of carbonyl (C=O) groups excluding carboxylic acids is 1. The second-order valence-electron chi connectivity index (χ2n) is 8.28. The standard InChI is InChI=1S/C24H24N4O5/c1-13-16(4-5-17-18(13)11-32-23(17)30)20(29)9-25-8-15-10-28(12-26-15)19-6-7-21-22(14(19)2)27(3)24(31)33-21/h4-7,10,12,20,25,29H,8-9,11H2,1-3H3. The van der Waals surface area contributed by atoms with E-state index in [0.29, 0.717) is 24.2 Å². The molecule has 1 aliphatic heterocycles. The van der Waals surface area contributed by atoms with Gasteiger partial charge in [-0.05, 0) is 43.2 Å². The van der Waals surface area contributed by atoms with Crippen molar-refractivity contribution < 1.29 is 19.1 Å². The quantitative estimate of drug-likeness (QED) is 0.436. The number of nitrogens with one attached hydrogen (secondary N) is 1. The number of aliphatic hydroxyl groups is 1. The van der Waals surface area contributed by atoms with E-state index < -0.39 is 11.9 Å². The molecule has 9 nitrogen and oxygen atoms in total. The highest BCUT2D eigenvalue weighted by molar-refractivity contribution is 5.94. The van der Waals surface area contributed by atoms with Crippen LogP contribution >= 0.6 is 0 Å². The zero-order valence-electron chi connectivity index (χ0n) is 18.6. The first kappa shape index (κ1) is 21.2. The van der Waals surface area contributed by atoms with E-state index in [4.69, 9.17) is 9.15 Å². The molecule has 0 amide bonds. The predicted molar refractivity (Wildman–Crippen MR) is 120 cm³/mol. The Morgan fingerprint density at radius 3 is 2.82 bits per heavy atom. The van der Waals surface area contributed by atoms with Gasteiger partial charge in [0.05, 0.1) is 34.9 Å². The first-order valence-corrected chi connectivity index (χ1v) is 10.7. The summed E-state index contributed by atoms with van der Waals surface area (Å²) in [5.74, 6) is -0.704. The van der Waals surface area contributed by atoms with Crippen molar-refractivity contribution in [3.05, 3.63) is 80.9 Å². The first-order valence-electron chi connectivity index (χ1n) is 10.7. The lowest BCUT2D eigenvalue weighted by molar-refractivity contribution is 0.0535. The lowest BCUT2D eigenvalue weighted by atomic mass is 9.95. The summed E-state index contributed by atoms with van der Waals surface area (Å²) in [6, 6.07) is 7.18. The summed E-state index contributed by atoms with van der Waals surface area (Å²) in [6.07, 6.45) is 2.91. The third-order valence-corrected chi connectivity index (χ3v) is 6.30. The van der Waals surface area contributed by atoms with Crippen LogP contribution in [0.25, 0.3) is 16.8 Å². The Balaban J connectivity index is 1.28. The largest absolute Gasteiger partial charge is 0.457 e. The maximum absolute atomic E-state index is 11.8. The Kier molecular flexibility index (Phi) is 5.15. The van der Waals surface area contributed by atoms with Gasteiger partial charge in [-0.1, -0.05) is 6.07 Å². The maximum atomic E-state index is 11.8. The minimum atomic E-state index is -0.722. The van der Waals surface area contributed by atoms with Crippen LogP contribution in [0.4, 0.5) is 0 Å². The molecule has 2 aromatic carbocycles. The second-order valence-corrected chi connectivity index (χ2v) is 8.28. The normalized spacial score (nSPS) is 14.0. The van der Waals surface area contributed by atoms with Crippen LogP contribution < -0.4 is 11.1 Å². The van der Waals surface area contributed by atoms with E-state index in [-0.39, 0.29) is 12.6 Å². The Morgan fingerprint density at radius 2 is 2.00 bits per heavy atom. The molecule has 1 aliphatic rings. The lowest BCUT2D eigenvalue weighted by Gasteiger charge is -2.16. The summed E-state index contributed by atoms with van der Waals surface area (Å²) in [6.45, 7) is 4.91. The van der Waals surface area contributed by atoms with Crippen LogP contribution in [0.1, 0.15) is 44.4 Å². The fraction of sp³-hybridized carbons (Fsp3) is 0.292. The van der Waals surface area contributed by atoms with Gasteiger partial charge in [-0.15, -0.1) is 0 Å². The smallest absolute Gasteiger partial charge is 0.419 e. The molecule has 0 saturated heterocycles. The number of fused-ring (bicyclic) bond motifs is 2. The summed E-state index contributed by atoms with van der Waals surface area (Å²) in [5.41, 5.74) is 7.03. The van der Waals surface area contributed by atoms with E-state index >= 15 is 0 Å². The highest BCUT2D eigenvalue weighted by atomic mass is 16.5. The van der Waals surface area contributed by atoms with Gasteiger partial charge in [0.25, 0.3) is 0 Å². The molecule has 1 atom stereocenters. The molecule has 0 spiro atoms. The molecule has 9 heteroatoms. The fourth-order valence-electron chi connectivity index (χ4n) is 4.46. The molecule has 0 aliphatic carbocycles. The summed E-state index contributed by atoms with van der Waals surface area (Å²) in [4.78, 5) is 28.0. The average molecular weight is 448 g/mol. The molecule has 0 bridgehead atoms. The van der Waals surface area contributed by atoms with Crippen LogP contribution in [-0.2, 0) is 24.9 Å². The van der Waals surface area contributed by atoms with Crippen LogP contribution in [-0.4, -0.2) is 31.7 Å². The first-order chi connectivity index (χ1) is 15.8. The summed E-state index contributed by atoms with van der Waals surface area (Å²) >= 11 is 0. The van der Waals surface area contributed by atoms with Gasteiger partial charge >= 0.3 is 11.7 Å². The van der Waals surface area contributed by atoms with Crippen molar-refractivity contribution in [2.75, 3.05) is 6.54 Å². The van der Waals surface area contributed by atoms with Crippen molar-refractivity contribution in [1.82, 2.24) is 19.4 Å². The number of ether oxygens (including phenoxy) is 1. The van der Waals surface area contributed by atoms with Crippen molar-refractivity contribution in [2.24, 2.45) is 7.05 Å². The number of rotatable bonds is 6. The SMILES string of the molecule is Cc1c(C(O)CNCc2cn(-c3ccc4oc(=O)n(C)c4c3C)cn2)ccc2c1COC2=O. The van der Waals surface area contributed by atoms with Crippen LogP contribution in [0.3, 0.4) is 0 Å². The molecule has 170 valence electrons. The monoisotopic (exact) mass is 448 g/mol. The van der Waals surface area contributed by atoms with Crippen LogP contribution in [0.2, 0.25) is 0 Å². The molecule has 0 fully saturated rings. The van der Waals surface area contributed by atoms with Gasteiger partial charge in [0.1, 0.15) is 6.61 Å². The van der Waals surface area contributed by atoms with Gasteiger partial charge in [-0.25, -0.2) is 14.6 Å². The number of aliphatic hydroxyl groups excluding tert-OH is 1. The van der Waals surface area contributed by atoms with Gasteiger partial charge in [-0.2, -0.15) is 0 Å². The molecule has 2 aromatic heterocycles. The van der Waals surface area contributed by atoms with E-state index in [9.17, 15) is 14.7 Å². The molecule has 0 saturated carbocycles. The van der Waals surface area contributed by atoms with E-state index in [1.165, 1.54) is 4.57 Å². The number of aryl methyl sites for hydroxylation is 2. The number of esters is 1. The molecular weight excluding hydrogens is 424 g/mol. The topological polar surface area (TPSA) is 112 Å². The highest BCUT2D eigenvalue weighted by Crippen LogP contribution is 2.29. The average Bonchev–Trinajstić information content (AvgIpc) is 3.48. The van der Waals surface area contributed by atoms with Gasteiger partial charge in [0, 0.05) is 37.5 Å². The van der Waals surface area contributed by atoms with Gasteiger partial charge in [-0.3, -0.25) is 4.57 Å². The number of oxazole rings is 1. The van der Waals surface area contributed by atoms with Crippen LogP contribution in [0.5, 0.6) is 0 Å². The third kappa shape index (κ3) is 3.55. The van der Waals surface area contributed by atoms with Crippen molar-refractivity contribution in [3.8, 4) is 5.69 Å². The molecule has 33 heavy (non-hydrogen) atoms. The minimum absolute atomic E-state index is 0.254. The number of aromatic nitrogens is 3. The zero-order valence-corrected chi connectivity index (χ0v) is 18.6. The lowest BCUT2D eigenvalue weighted by Crippen LogP contribution is -2.22.